The number of aromatic nitrogens is 2. The van der Waals surface area contributed by atoms with Crippen LogP contribution >= 0.6 is 11.6 Å². The van der Waals surface area contributed by atoms with Crippen molar-refractivity contribution in [3.05, 3.63) is 59.1 Å². The molecule has 0 radical (unpaired) electrons. The number of halogens is 1. The quantitative estimate of drug-likeness (QED) is 0.860. The van der Waals surface area contributed by atoms with Gasteiger partial charge in [-0.3, -0.25) is 14.8 Å². The highest BCUT2D eigenvalue weighted by Gasteiger charge is 2.33. The first-order valence-corrected chi connectivity index (χ1v) is 8.95. The Balaban J connectivity index is 1.45. The molecule has 5 nitrogen and oxygen atoms in total. The van der Waals surface area contributed by atoms with Gasteiger partial charge in [0.25, 0.3) is 0 Å². The van der Waals surface area contributed by atoms with Gasteiger partial charge in [0.05, 0.1) is 11.8 Å². The molecule has 1 saturated heterocycles. The molecule has 2 aromatic rings. The Morgan fingerprint density at radius 3 is 2.76 bits per heavy atom. The average molecular weight is 360 g/mol. The summed E-state index contributed by atoms with van der Waals surface area (Å²) in [6.07, 6.45) is 7.27. The van der Waals surface area contributed by atoms with Crippen LogP contribution in [0.5, 0.6) is 0 Å². The molecular formula is C19H22ClN3O2. The van der Waals surface area contributed by atoms with Crippen molar-refractivity contribution in [1.82, 2.24) is 14.9 Å². The minimum atomic E-state index is -0.498. The van der Waals surface area contributed by atoms with Gasteiger partial charge in [0, 0.05) is 49.0 Å². The van der Waals surface area contributed by atoms with E-state index in [2.05, 4.69) is 9.97 Å². The first kappa shape index (κ1) is 17.8. The number of carbonyl (C=O) groups excluding carboxylic acids is 1. The number of benzene rings is 1. The number of aliphatic hydroxyl groups is 1. The molecular weight excluding hydrogens is 338 g/mol. The van der Waals surface area contributed by atoms with E-state index in [9.17, 15) is 9.90 Å². The van der Waals surface area contributed by atoms with Gasteiger partial charge in [-0.15, -0.1) is 0 Å². The van der Waals surface area contributed by atoms with Gasteiger partial charge in [0.1, 0.15) is 0 Å². The molecule has 132 valence electrons. The third-order valence-electron chi connectivity index (χ3n) is 4.62. The fraction of sp³-hybridized carbons (Fsp3) is 0.421. The summed E-state index contributed by atoms with van der Waals surface area (Å²) in [5.74, 6) is 0.131. The predicted octanol–water partition coefficient (Wildman–Crippen LogP) is 2.51. The number of hydrogen-bond donors (Lipinski definition) is 1. The van der Waals surface area contributed by atoms with Gasteiger partial charge in [-0.2, -0.15) is 0 Å². The van der Waals surface area contributed by atoms with E-state index >= 15 is 0 Å². The number of rotatable bonds is 6. The van der Waals surface area contributed by atoms with Crippen LogP contribution in [0.15, 0.2) is 42.9 Å². The van der Waals surface area contributed by atoms with Crippen molar-refractivity contribution >= 4 is 17.5 Å². The van der Waals surface area contributed by atoms with Gasteiger partial charge in [-0.25, -0.2) is 0 Å². The summed E-state index contributed by atoms with van der Waals surface area (Å²) in [6.45, 7) is 0.988. The molecule has 1 aliphatic heterocycles. The number of amides is 1. The first-order valence-electron chi connectivity index (χ1n) is 8.57. The summed E-state index contributed by atoms with van der Waals surface area (Å²) < 4.78 is 0. The Morgan fingerprint density at radius 2 is 2.04 bits per heavy atom. The van der Waals surface area contributed by atoms with Crippen LogP contribution in [0.2, 0.25) is 5.02 Å². The molecule has 1 amide bonds. The molecule has 25 heavy (non-hydrogen) atoms. The summed E-state index contributed by atoms with van der Waals surface area (Å²) >= 11 is 5.87. The number of aryl methyl sites for hydroxylation is 1. The molecule has 1 aliphatic rings. The zero-order chi connectivity index (χ0) is 17.6. The van der Waals surface area contributed by atoms with Crippen LogP contribution in [0.3, 0.4) is 0 Å². The molecule has 1 fully saturated rings. The zero-order valence-electron chi connectivity index (χ0n) is 14.0. The Bertz CT molecular complexity index is 694. The van der Waals surface area contributed by atoms with E-state index in [1.165, 1.54) is 5.56 Å². The Kier molecular flexibility index (Phi) is 6.00. The molecule has 6 heteroatoms. The van der Waals surface area contributed by atoms with E-state index in [0.717, 1.165) is 23.6 Å². The summed E-state index contributed by atoms with van der Waals surface area (Å²) in [7, 11) is 0. The summed E-state index contributed by atoms with van der Waals surface area (Å²) in [5.41, 5.74) is 2.03. The minimum Gasteiger partial charge on any atom is -0.391 e. The van der Waals surface area contributed by atoms with Gasteiger partial charge < -0.3 is 10.0 Å². The standard InChI is InChI=1S/C19H22ClN3O2/c20-16-6-4-14(5-7-16)2-1-3-19(25)23-12-15(18(24)13-23)10-17-11-21-8-9-22-17/h4-9,11,15,18,24H,1-3,10,12-13H2/t15-,18-/m1/s1. The maximum absolute atomic E-state index is 12.4. The van der Waals surface area contributed by atoms with Crippen molar-refractivity contribution < 1.29 is 9.90 Å². The van der Waals surface area contributed by atoms with Gasteiger partial charge in [0.15, 0.2) is 0 Å². The van der Waals surface area contributed by atoms with E-state index in [4.69, 9.17) is 11.6 Å². The molecule has 1 aromatic carbocycles. The van der Waals surface area contributed by atoms with E-state index in [1.54, 1.807) is 23.5 Å². The van der Waals surface area contributed by atoms with Gasteiger partial charge in [-0.1, -0.05) is 23.7 Å². The topological polar surface area (TPSA) is 66.3 Å². The number of carbonyl (C=O) groups is 1. The molecule has 2 atom stereocenters. The average Bonchev–Trinajstić information content (AvgIpc) is 2.98. The third kappa shape index (κ3) is 5.00. The Labute approximate surface area is 152 Å². The number of β-amino-alcohol motifs (C(OH)–C–C–N with tert-alkyl or cyclic N) is 1. The van der Waals surface area contributed by atoms with E-state index < -0.39 is 6.10 Å². The van der Waals surface area contributed by atoms with Crippen molar-refractivity contribution in [2.75, 3.05) is 13.1 Å². The Morgan fingerprint density at radius 1 is 1.24 bits per heavy atom. The van der Waals surface area contributed by atoms with E-state index in [0.29, 0.717) is 25.9 Å². The van der Waals surface area contributed by atoms with Crippen LogP contribution in [-0.4, -0.2) is 45.1 Å². The highest BCUT2D eigenvalue weighted by atomic mass is 35.5. The molecule has 0 spiro atoms. The molecule has 1 N–H and O–H groups in total. The Hall–Kier alpha value is -1.98. The molecule has 0 unspecified atom stereocenters. The van der Waals surface area contributed by atoms with Crippen molar-refractivity contribution in [3.63, 3.8) is 0 Å². The zero-order valence-corrected chi connectivity index (χ0v) is 14.8. The SMILES string of the molecule is O=C(CCCc1ccc(Cl)cc1)N1C[C@@H](Cc2cnccn2)[C@H](O)C1. The van der Waals surface area contributed by atoms with E-state index in [-0.39, 0.29) is 11.8 Å². The molecule has 0 aliphatic carbocycles. The molecule has 0 bridgehead atoms. The summed E-state index contributed by atoms with van der Waals surface area (Å²) in [5, 5.41) is 11.0. The lowest BCUT2D eigenvalue weighted by Crippen LogP contribution is -2.29. The highest BCUT2D eigenvalue weighted by Crippen LogP contribution is 2.22. The van der Waals surface area contributed by atoms with Gasteiger partial charge in [0.2, 0.25) is 5.91 Å². The number of hydrogen-bond acceptors (Lipinski definition) is 4. The number of likely N-dealkylation sites (tertiary alicyclic amines) is 1. The van der Waals surface area contributed by atoms with Crippen molar-refractivity contribution in [2.24, 2.45) is 5.92 Å². The summed E-state index contributed by atoms with van der Waals surface area (Å²) in [6, 6.07) is 7.71. The van der Waals surface area contributed by atoms with E-state index in [1.807, 2.05) is 24.3 Å². The number of aliphatic hydroxyl groups excluding tert-OH is 1. The molecule has 1 aromatic heterocycles. The minimum absolute atomic E-state index is 0.0249. The van der Waals surface area contributed by atoms with Gasteiger partial charge in [-0.05, 0) is 37.0 Å². The second-order valence-corrected chi connectivity index (χ2v) is 6.94. The largest absolute Gasteiger partial charge is 0.391 e. The van der Waals surface area contributed by atoms with Crippen LogP contribution < -0.4 is 0 Å². The lowest BCUT2D eigenvalue weighted by atomic mass is 10.0. The smallest absolute Gasteiger partial charge is 0.222 e. The normalized spacial score (nSPS) is 20.0. The van der Waals surface area contributed by atoms with Crippen molar-refractivity contribution in [3.8, 4) is 0 Å². The predicted molar refractivity (Wildman–Crippen MR) is 96.2 cm³/mol. The van der Waals surface area contributed by atoms with Gasteiger partial charge >= 0.3 is 0 Å². The second kappa shape index (κ2) is 8.41. The maximum atomic E-state index is 12.4. The van der Waals surface area contributed by atoms with Crippen LogP contribution in [0.25, 0.3) is 0 Å². The maximum Gasteiger partial charge on any atom is 0.222 e. The number of nitrogens with zero attached hydrogens (tertiary/aromatic N) is 3. The third-order valence-corrected chi connectivity index (χ3v) is 4.87. The fourth-order valence-corrected chi connectivity index (χ4v) is 3.34. The fourth-order valence-electron chi connectivity index (χ4n) is 3.22. The monoisotopic (exact) mass is 359 g/mol. The highest BCUT2D eigenvalue weighted by molar-refractivity contribution is 6.30. The van der Waals surface area contributed by atoms with Crippen molar-refractivity contribution in [1.29, 1.82) is 0 Å². The second-order valence-electron chi connectivity index (χ2n) is 6.51. The lowest BCUT2D eigenvalue weighted by molar-refractivity contribution is -0.130. The molecule has 2 heterocycles. The first-order chi connectivity index (χ1) is 12.1. The van der Waals surface area contributed by atoms with Crippen LogP contribution in [0.1, 0.15) is 24.1 Å². The summed E-state index contributed by atoms with van der Waals surface area (Å²) in [4.78, 5) is 22.5. The molecule has 3 rings (SSSR count). The van der Waals surface area contributed by atoms with Crippen molar-refractivity contribution in [2.45, 2.75) is 31.8 Å². The lowest BCUT2D eigenvalue weighted by Gasteiger charge is -2.16. The van der Waals surface area contributed by atoms with Crippen LogP contribution in [-0.2, 0) is 17.6 Å². The van der Waals surface area contributed by atoms with Crippen LogP contribution in [0.4, 0.5) is 0 Å². The molecule has 0 saturated carbocycles. The van der Waals surface area contributed by atoms with Crippen LogP contribution in [0, 0.1) is 5.92 Å².